The van der Waals surface area contributed by atoms with Crippen LogP contribution >= 0.6 is 0 Å². The first-order valence-corrected chi connectivity index (χ1v) is 2.58. The molecule has 0 aromatic heterocycles. The molecule has 0 saturated heterocycles. The minimum Gasteiger partial charge on any atom is -1.00 e. The molecule has 0 bridgehead atoms. The molecule has 5 heteroatoms. The van der Waals surface area contributed by atoms with Crippen LogP contribution in [0.1, 0.15) is 5.56 Å². The molecule has 0 aliphatic carbocycles. The molecule has 0 aliphatic heterocycles. The monoisotopic (exact) mass is 288 g/mol. The zero-order valence-corrected chi connectivity index (χ0v) is 10.6. The van der Waals surface area contributed by atoms with E-state index in [1.807, 2.05) is 0 Å². The second kappa shape index (κ2) is 5.60. The SMILES string of the molecule is [Br-].[CH2-]c1c(F)cc(F)cc1F.[Zn+2]. The van der Waals surface area contributed by atoms with E-state index in [0.29, 0.717) is 12.1 Å². The molecular formula is C7H4BrF3Zn. The van der Waals surface area contributed by atoms with Gasteiger partial charge in [-0.15, -0.1) is 5.56 Å². The normalized spacial score (nSPS) is 8.25. The van der Waals surface area contributed by atoms with Crippen molar-refractivity contribution in [3.05, 3.63) is 42.1 Å². The summed E-state index contributed by atoms with van der Waals surface area (Å²) in [6, 6.07) is 1.18. The fourth-order valence-electron chi connectivity index (χ4n) is 0.572. The van der Waals surface area contributed by atoms with Gasteiger partial charge in [-0.05, 0) is 12.1 Å². The summed E-state index contributed by atoms with van der Waals surface area (Å²) >= 11 is 0. The second-order valence-corrected chi connectivity index (χ2v) is 1.85. The van der Waals surface area contributed by atoms with E-state index in [2.05, 4.69) is 6.92 Å². The maximum Gasteiger partial charge on any atom is 2.00 e. The van der Waals surface area contributed by atoms with Crippen LogP contribution in [0.2, 0.25) is 0 Å². The predicted molar refractivity (Wildman–Crippen MR) is 30.8 cm³/mol. The van der Waals surface area contributed by atoms with Crippen LogP contribution in [0, 0.1) is 24.4 Å². The summed E-state index contributed by atoms with van der Waals surface area (Å²) < 4.78 is 36.7. The molecule has 0 N–H and O–H groups in total. The molecule has 1 aromatic carbocycles. The van der Waals surface area contributed by atoms with E-state index in [4.69, 9.17) is 0 Å². The van der Waals surface area contributed by atoms with Crippen molar-refractivity contribution in [3.8, 4) is 0 Å². The van der Waals surface area contributed by atoms with Gasteiger partial charge in [0.15, 0.2) is 0 Å². The van der Waals surface area contributed by atoms with Gasteiger partial charge < -0.3 is 17.0 Å². The van der Waals surface area contributed by atoms with Crippen LogP contribution in [-0.2, 0) is 19.5 Å². The number of hydrogen-bond acceptors (Lipinski definition) is 0. The third kappa shape index (κ3) is 3.15. The molecule has 0 unspecified atom stereocenters. The molecule has 0 radical (unpaired) electrons. The smallest absolute Gasteiger partial charge is 1.00 e. The van der Waals surface area contributed by atoms with Gasteiger partial charge in [0.05, 0.1) is 0 Å². The molecule has 0 atom stereocenters. The number of rotatable bonds is 0. The first-order valence-electron chi connectivity index (χ1n) is 2.58. The third-order valence-corrected chi connectivity index (χ3v) is 1.11. The van der Waals surface area contributed by atoms with Gasteiger partial charge in [0.2, 0.25) is 0 Å². The minimum absolute atomic E-state index is 0. The van der Waals surface area contributed by atoms with E-state index in [1.165, 1.54) is 0 Å². The Morgan fingerprint density at radius 1 is 1.00 bits per heavy atom. The van der Waals surface area contributed by atoms with Gasteiger partial charge in [-0.2, -0.15) is 6.92 Å². The maximum atomic E-state index is 12.3. The first kappa shape index (κ1) is 14.5. The van der Waals surface area contributed by atoms with Crippen LogP contribution in [0.3, 0.4) is 0 Å². The summed E-state index contributed by atoms with van der Waals surface area (Å²) in [6.07, 6.45) is 0. The van der Waals surface area contributed by atoms with E-state index >= 15 is 0 Å². The van der Waals surface area contributed by atoms with Crippen molar-refractivity contribution in [2.24, 2.45) is 0 Å². The summed E-state index contributed by atoms with van der Waals surface area (Å²) in [6.45, 7) is 3.04. The molecule has 1 rings (SSSR count). The zero-order valence-electron chi connectivity index (χ0n) is 6.08. The van der Waals surface area contributed by atoms with Gasteiger partial charge in [-0.3, -0.25) is 8.78 Å². The minimum atomic E-state index is -0.961. The van der Waals surface area contributed by atoms with Crippen LogP contribution in [0.25, 0.3) is 0 Å². The van der Waals surface area contributed by atoms with Crippen LogP contribution < -0.4 is 17.0 Å². The zero-order chi connectivity index (χ0) is 7.72. The summed E-state index contributed by atoms with van der Waals surface area (Å²) in [5.41, 5.74) is -0.401. The topological polar surface area (TPSA) is 0 Å². The Bertz CT molecular complexity index is 242. The molecule has 0 saturated carbocycles. The molecule has 0 amide bonds. The van der Waals surface area contributed by atoms with Crippen molar-refractivity contribution in [1.82, 2.24) is 0 Å². The summed E-state index contributed by atoms with van der Waals surface area (Å²) in [7, 11) is 0. The van der Waals surface area contributed by atoms with Gasteiger partial charge in [-0.1, -0.05) is 0 Å². The maximum absolute atomic E-state index is 12.3. The molecule has 0 aliphatic rings. The Morgan fingerprint density at radius 3 is 1.67 bits per heavy atom. The largest absolute Gasteiger partial charge is 2.00 e. The van der Waals surface area contributed by atoms with E-state index in [9.17, 15) is 13.2 Å². The summed E-state index contributed by atoms with van der Waals surface area (Å²) in [4.78, 5) is 0. The third-order valence-electron chi connectivity index (χ3n) is 1.11. The van der Waals surface area contributed by atoms with Crippen LogP contribution in [0.15, 0.2) is 12.1 Å². The molecule has 12 heavy (non-hydrogen) atoms. The Morgan fingerprint density at radius 2 is 1.33 bits per heavy atom. The molecule has 1 aromatic rings. The Balaban J connectivity index is 0. The van der Waals surface area contributed by atoms with Crippen molar-refractivity contribution in [2.75, 3.05) is 0 Å². The Kier molecular flexibility index (Phi) is 6.77. The molecule has 62 valence electrons. The van der Waals surface area contributed by atoms with Crippen molar-refractivity contribution < 1.29 is 49.6 Å². The molecular weight excluding hydrogens is 286 g/mol. The van der Waals surface area contributed by atoms with E-state index in [1.54, 1.807) is 0 Å². The average Bonchev–Trinajstić information content (AvgIpc) is 1.82. The first-order chi connectivity index (χ1) is 4.61. The van der Waals surface area contributed by atoms with Crippen LogP contribution in [0.5, 0.6) is 0 Å². The van der Waals surface area contributed by atoms with Crippen LogP contribution in [-0.4, -0.2) is 0 Å². The van der Waals surface area contributed by atoms with E-state index in [-0.39, 0.29) is 36.5 Å². The van der Waals surface area contributed by atoms with Gasteiger partial charge >= 0.3 is 19.5 Å². The molecule has 0 heterocycles. The fourth-order valence-corrected chi connectivity index (χ4v) is 0.572. The number of benzene rings is 1. The Labute approximate surface area is 91.7 Å². The Hall–Kier alpha value is -0.0166. The average molecular weight is 290 g/mol. The van der Waals surface area contributed by atoms with Crippen molar-refractivity contribution in [3.63, 3.8) is 0 Å². The van der Waals surface area contributed by atoms with Crippen molar-refractivity contribution >= 4 is 0 Å². The van der Waals surface area contributed by atoms with E-state index < -0.39 is 23.0 Å². The summed E-state index contributed by atoms with van der Waals surface area (Å²) in [5.74, 6) is -2.85. The van der Waals surface area contributed by atoms with Gasteiger partial charge in [0, 0.05) is 11.6 Å². The van der Waals surface area contributed by atoms with E-state index in [0.717, 1.165) is 0 Å². The molecule has 0 spiro atoms. The van der Waals surface area contributed by atoms with Gasteiger partial charge in [-0.25, -0.2) is 4.39 Å². The van der Waals surface area contributed by atoms with Gasteiger partial charge in [0.1, 0.15) is 5.82 Å². The van der Waals surface area contributed by atoms with Crippen molar-refractivity contribution in [1.29, 1.82) is 0 Å². The fraction of sp³-hybridized carbons (Fsp3) is 0. The quantitative estimate of drug-likeness (QED) is 0.437. The van der Waals surface area contributed by atoms with Crippen molar-refractivity contribution in [2.45, 2.75) is 0 Å². The standard InChI is InChI=1S/C7H4F3.BrH.Zn/c1-4-6(9)2-5(8)3-7(4)10;;/h2-3H,1H2;1H;/q-1;;+2/p-1. The van der Waals surface area contributed by atoms with Gasteiger partial charge in [0.25, 0.3) is 0 Å². The number of halogens is 4. The number of hydrogen-bond donors (Lipinski definition) is 0. The predicted octanol–water partition coefficient (Wildman–Crippen LogP) is -0.712. The molecule has 0 nitrogen and oxygen atoms in total. The van der Waals surface area contributed by atoms with Crippen LogP contribution in [0.4, 0.5) is 13.2 Å². The second-order valence-electron chi connectivity index (χ2n) is 1.85. The summed E-state index contributed by atoms with van der Waals surface area (Å²) in [5, 5.41) is 0. The molecule has 0 fully saturated rings.